The number of carboxylic acid groups (broad SMARTS) is 1. The number of aromatic nitrogens is 3. The van der Waals surface area contributed by atoms with Gasteiger partial charge in [0, 0.05) is 36.3 Å². The van der Waals surface area contributed by atoms with Crippen LogP contribution in [-0.2, 0) is 11.3 Å². The van der Waals surface area contributed by atoms with Gasteiger partial charge in [-0.15, -0.1) is 0 Å². The van der Waals surface area contributed by atoms with E-state index in [2.05, 4.69) is 20.5 Å². The van der Waals surface area contributed by atoms with Gasteiger partial charge in [0.2, 0.25) is 0 Å². The lowest BCUT2D eigenvalue weighted by atomic mass is 10.2. The SMILES string of the molecule is Cc1[nH]ncc1CNC(=O)c1cncc(C=CC(=O)O)c1. The van der Waals surface area contributed by atoms with Crippen molar-refractivity contribution in [3.05, 3.63) is 53.1 Å². The number of hydrogen-bond acceptors (Lipinski definition) is 4. The van der Waals surface area contributed by atoms with Gasteiger partial charge >= 0.3 is 5.97 Å². The first kappa shape index (κ1) is 14.4. The van der Waals surface area contributed by atoms with Crippen molar-refractivity contribution in [3.8, 4) is 0 Å². The van der Waals surface area contributed by atoms with Crippen molar-refractivity contribution in [2.75, 3.05) is 0 Å². The predicted molar refractivity (Wildman–Crippen MR) is 75.4 cm³/mol. The standard InChI is InChI=1S/C14H14N4O3/c1-9-12(8-17-18-9)7-16-14(21)11-4-10(5-15-6-11)2-3-13(19)20/h2-6,8H,7H2,1H3,(H,16,21)(H,17,18)(H,19,20). The van der Waals surface area contributed by atoms with Gasteiger partial charge in [0.15, 0.2) is 0 Å². The average Bonchev–Trinajstić information content (AvgIpc) is 2.88. The number of amides is 1. The monoisotopic (exact) mass is 286 g/mol. The third-order valence-electron chi connectivity index (χ3n) is 2.81. The molecule has 1 amide bonds. The molecule has 0 unspecified atom stereocenters. The summed E-state index contributed by atoms with van der Waals surface area (Å²) >= 11 is 0. The van der Waals surface area contributed by atoms with Crippen LogP contribution < -0.4 is 5.32 Å². The van der Waals surface area contributed by atoms with Gasteiger partial charge in [-0.25, -0.2) is 4.79 Å². The van der Waals surface area contributed by atoms with Crippen molar-refractivity contribution in [1.29, 1.82) is 0 Å². The molecule has 0 bridgehead atoms. The van der Waals surface area contributed by atoms with Crippen LogP contribution in [-0.4, -0.2) is 32.2 Å². The summed E-state index contributed by atoms with van der Waals surface area (Å²) in [7, 11) is 0. The number of aromatic amines is 1. The number of rotatable bonds is 5. The lowest BCUT2D eigenvalue weighted by Gasteiger charge is -2.05. The van der Waals surface area contributed by atoms with Gasteiger partial charge in [0.25, 0.3) is 5.91 Å². The Morgan fingerprint density at radius 1 is 1.38 bits per heavy atom. The fraction of sp³-hybridized carbons (Fsp3) is 0.143. The summed E-state index contributed by atoms with van der Waals surface area (Å²) < 4.78 is 0. The zero-order chi connectivity index (χ0) is 15.2. The number of nitrogens with zero attached hydrogens (tertiary/aromatic N) is 2. The van der Waals surface area contributed by atoms with Crippen molar-refractivity contribution < 1.29 is 14.7 Å². The molecule has 0 aromatic carbocycles. The molecule has 0 saturated carbocycles. The number of carboxylic acids is 1. The molecule has 7 heteroatoms. The lowest BCUT2D eigenvalue weighted by molar-refractivity contribution is -0.131. The molecule has 3 N–H and O–H groups in total. The highest BCUT2D eigenvalue weighted by Gasteiger charge is 2.08. The van der Waals surface area contributed by atoms with Crippen molar-refractivity contribution >= 4 is 18.0 Å². The van der Waals surface area contributed by atoms with Crippen molar-refractivity contribution in [2.45, 2.75) is 13.5 Å². The number of H-pyrrole nitrogens is 1. The molecule has 108 valence electrons. The summed E-state index contributed by atoms with van der Waals surface area (Å²) in [5.41, 5.74) is 2.71. The molecule has 0 atom stereocenters. The van der Waals surface area contributed by atoms with Gasteiger partial charge in [-0.2, -0.15) is 5.10 Å². The molecule has 0 aliphatic rings. The van der Waals surface area contributed by atoms with Gasteiger partial charge < -0.3 is 10.4 Å². The molecule has 0 fully saturated rings. The number of aliphatic carboxylic acids is 1. The molecule has 2 aromatic heterocycles. The molecule has 2 rings (SSSR count). The third kappa shape index (κ3) is 4.00. The molecule has 2 aromatic rings. The lowest BCUT2D eigenvalue weighted by Crippen LogP contribution is -2.23. The number of pyridine rings is 1. The predicted octanol–water partition coefficient (Wildman–Crippen LogP) is 1.14. The normalized spacial score (nSPS) is 10.7. The van der Waals surface area contributed by atoms with Crippen molar-refractivity contribution in [3.63, 3.8) is 0 Å². The van der Waals surface area contributed by atoms with Crippen molar-refractivity contribution in [2.24, 2.45) is 0 Å². The van der Waals surface area contributed by atoms with E-state index in [-0.39, 0.29) is 5.91 Å². The maximum absolute atomic E-state index is 12.0. The largest absolute Gasteiger partial charge is 0.478 e. The van der Waals surface area contributed by atoms with E-state index in [1.54, 1.807) is 12.3 Å². The summed E-state index contributed by atoms with van der Waals surface area (Å²) in [6.07, 6.45) is 6.94. The zero-order valence-electron chi connectivity index (χ0n) is 11.3. The number of carbonyl (C=O) groups is 2. The molecule has 7 nitrogen and oxygen atoms in total. The molecule has 0 aliphatic heterocycles. The second kappa shape index (κ2) is 6.47. The average molecular weight is 286 g/mol. The van der Waals surface area contributed by atoms with Crippen LogP contribution in [0.4, 0.5) is 0 Å². The number of aryl methyl sites for hydroxylation is 1. The van der Waals surface area contributed by atoms with E-state index in [1.807, 2.05) is 6.92 Å². The van der Waals surface area contributed by atoms with E-state index in [0.717, 1.165) is 17.3 Å². The van der Waals surface area contributed by atoms with Crippen LogP contribution in [0.3, 0.4) is 0 Å². The van der Waals surface area contributed by atoms with Crippen LogP contribution >= 0.6 is 0 Å². The Balaban J connectivity index is 2.04. The molecule has 0 aliphatic carbocycles. The fourth-order valence-corrected chi connectivity index (χ4v) is 1.67. The molecule has 2 heterocycles. The Bertz CT molecular complexity index is 691. The first-order valence-corrected chi connectivity index (χ1v) is 6.19. The van der Waals surface area contributed by atoms with Gasteiger partial charge in [-0.05, 0) is 24.6 Å². The fourth-order valence-electron chi connectivity index (χ4n) is 1.67. The van der Waals surface area contributed by atoms with Crippen LogP contribution in [0.2, 0.25) is 0 Å². The first-order valence-electron chi connectivity index (χ1n) is 6.19. The highest BCUT2D eigenvalue weighted by atomic mass is 16.4. The maximum Gasteiger partial charge on any atom is 0.328 e. The molecular formula is C14H14N4O3. The molecule has 21 heavy (non-hydrogen) atoms. The van der Waals surface area contributed by atoms with Crippen molar-refractivity contribution in [1.82, 2.24) is 20.5 Å². The van der Waals surface area contributed by atoms with E-state index >= 15 is 0 Å². The van der Waals surface area contributed by atoms with Gasteiger partial charge in [-0.3, -0.25) is 14.9 Å². The van der Waals surface area contributed by atoms with Crippen LogP contribution in [0.1, 0.15) is 27.2 Å². The summed E-state index contributed by atoms with van der Waals surface area (Å²) in [6, 6.07) is 1.57. The number of nitrogens with one attached hydrogen (secondary N) is 2. The molecule has 0 saturated heterocycles. The van der Waals surface area contributed by atoms with E-state index in [4.69, 9.17) is 5.11 Å². The molecular weight excluding hydrogens is 272 g/mol. The summed E-state index contributed by atoms with van der Waals surface area (Å²) in [5, 5.41) is 18.0. The molecule has 0 spiro atoms. The summed E-state index contributed by atoms with van der Waals surface area (Å²) in [5.74, 6) is -1.34. The van der Waals surface area contributed by atoms with Crippen LogP contribution in [0.25, 0.3) is 6.08 Å². The van der Waals surface area contributed by atoms with E-state index in [9.17, 15) is 9.59 Å². The Labute approximate surface area is 120 Å². The topological polar surface area (TPSA) is 108 Å². The number of carbonyl (C=O) groups excluding carboxylic acids is 1. The zero-order valence-corrected chi connectivity index (χ0v) is 11.3. The smallest absolute Gasteiger partial charge is 0.328 e. The molecule has 0 radical (unpaired) electrons. The van der Waals surface area contributed by atoms with Gasteiger partial charge in [0.05, 0.1) is 11.8 Å². The summed E-state index contributed by atoms with van der Waals surface area (Å²) in [6.45, 7) is 2.23. The maximum atomic E-state index is 12.0. The minimum Gasteiger partial charge on any atom is -0.478 e. The second-order valence-electron chi connectivity index (χ2n) is 4.38. The minimum atomic E-state index is -1.06. The second-order valence-corrected chi connectivity index (χ2v) is 4.38. The van der Waals surface area contributed by atoms with Gasteiger partial charge in [-0.1, -0.05) is 0 Å². The quantitative estimate of drug-likeness (QED) is 0.714. The van der Waals surface area contributed by atoms with Crippen LogP contribution in [0, 0.1) is 6.92 Å². The van der Waals surface area contributed by atoms with E-state index < -0.39 is 5.97 Å². The Hall–Kier alpha value is -2.96. The Morgan fingerprint density at radius 3 is 2.86 bits per heavy atom. The number of hydrogen-bond donors (Lipinski definition) is 3. The summed E-state index contributed by atoms with van der Waals surface area (Å²) in [4.78, 5) is 26.4. The van der Waals surface area contributed by atoms with E-state index in [0.29, 0.717) is 17.7 Å². The minimum absolute atomic E-state index is 0.284. The van der Waals surface area contributed by atoms with Gasteiger partial charge in [0.1, 0.15) is 0 Å². The Kier molecular flexibility index (Phi) is 4.45. The first-order chi connectivity index (χ1) is 10.1. The Morgan fingerprint density at radius 2 is 2.19 bits per heavy atom. The van der Waals surface area contributed by atoms with E-state index in [1.165, 1.54) is 18.5 Å². The highest BCUT2D eigenvalue weighted by molar-refractivity contribution is 5.94. The van der Waals surface area contributed by atoms with Crippen LogP contribution in [0.5, 0.6) is 0 Å². The van der Waals surface area contributed by atoms with Crippen LogP contribution in [0.15, 0.2) is 30.7 Å². The third-order valence-corrected chi connectivity index (χ3v) is 2.81. The highest BCUT2D eigenvalue weighted by Crippen LogP contribution is 2.06.